The molecule has 0 unspecified atom stereocenters. The van der Waals surface area contributed by atoms with Gasteiger partial charge in [-0.2, -0.15) is 5.10 Å². The van der Waals surface area contributed by atoms with E-state index in [2.05, 4.69) is 53.6 Å². The van der Waals surface area contributed by atoms with Crippen molar-refractivity contribution in [2.75, 3.05) is 12.9 Å². The van der Waals surface area contributed by atoms with Crippen LogP contribution in [0, 0.1) is 0 Å². The van der Waals surface area contributed by atoms with E-state index in [-0.39, 0.29) is 23.0 Å². The Balaban J connectivity index is 1.51. The summed E-state index contributed by atoms with van der Waals surface area (Å²) in [5.74, 6) is 1.26. The summed E-state index contributed by atoms with van der Waals surface area (Å²) in [7, 11) is 1.62. The monoisotopic (exact) mass is 571 g/mol. The van der Waals surface area contributed by atoms with E-state index in [4.69, 9.17) is 9.47 Å². The molecule has 0 spiro atoms. The van der Waals surface area contributed by atoms with Gasteiger partial charge in [0.05, 0.1) is 18.6 Å². The summed E-state index contributed by atoms with van der Waals surface area (Å²) in [6.45, 7) is 9.65. The van der Waals surface area contributed by atoms with Crippen molar-refractivity contribution in [3.63, 3.8) is 0 Å². The van der Waals surface area contributed by atoms with Gasteiger partial charge in [-0.3, -0.25) is 14.2 Å². The van der Waals surface area contributed by atoms with Crippen LogP contribution in [0.15, 0.2) is 83.1 Å². The van der Waals surface area contributed by atoms with Crippen LogP contribution in [0.25, 0.3) is 17.1 Å². The molecule has 4 rings (SSSR count). The number of nitrogens with zero attached hydrogens (tertiary/aromatic N) is 4. The Kier molecular flexibility index (Phi) is 9.24. The van der Waals surface area contributed by atoms with Gasteiger partial charge in [-0.15, -0.1) is 10.2 Å². The van der Waals surface area contributed by atoms with Crippen LogP contribution in [0.5, 0.6) is 11.5 Å². The van der Waals surface area contributed by atoms with Crippen molar-refractivity contribution in [3.05, 3.63) is 83.9 Å². The van der Waals surface area contributed by atoms with Gasteiger partial charge in [0.25, 0.3) is 5.91 Å². The second-order valence-electron chi connectivity index (χ2n) is 10.3. The third-order valence-electron chi connectivity index (χ3n) is 6.19. The minimum absolute atomic E-state index is 0.0325. The number of carbonyl (C=O) groups is 2. The van der Waals surface area contributed by atoms with Crippen LogP contribution >= 0.6 is 11.8 Å². The number of thioether (sulfide) groups is 1. The Morgan fingerprint density at radius 2 is 1.54 bits per heavy atom. The molecule has 0 saturated carbocycles. The van der Waals surface area contributed by atoms with Gasteiger partial charge in [0.2, 0.25) is 0 Å². The molecular formula is C31H33N5O4S. The number of methoxy groups -OCH3 is 1. The van der Waals surface area contributed by atoms with Gasteiger partial charge >= 0.3 is 5.97 Å². The maximum absolute atomic E-state index is 12.7. The number of hydrazone groups is 1. The lowest BCUT2D eigenvalue weighted by atomic mass is 9.87. The molecule has 1 aromatic heterocycles. The molecule has 1 amide bonds. The van der Waals surface area contributed by atoms with E-state index in [0.717, 1.165) is 22.6 Å². The highest BCUT2D eigenvalue weighted by Gasteiger charge is 2.19. The number of ether oxygens (including phenoxy) is 2. The number of carbonyl (C=O) groups excluding carboxylic acids is 2. The minimum atomic E-state index is -0.388. The molecular weight excluding hydrogens is 538 g/mol. The highest BCUT2D eigenvalue weighted by Crippen LogP contribution is 2.30. The lowest BCUT2D eigenvalue weighted by Crippen LogP contribution is -2.21. The summed E-state index contributed by atoms with van der Waals surface area (Å²) in [4.78, 5) is 23.8. The Morgan fingerprint density at radius 1 is 0.902 bits per heavy atom. The van der Waals surface area contributed by atoms with Gasteiger partial charge in [-0.05, 0) is 72.0 Å². The molecule has 4 aromatic rings. The second-order valence-corrected chi connectivity index (χ2v) is 11.2. The maximum atomic E-state index is 12.7. The Bertz CT molecular complexity index is 1540. The minimum Gasteiger partial charge on any atom is -0.497 e. The largest absolute Gasteiger partial charge is 0.497 e. The first kappa shape index (κ1) is 29.5. The lowest BCUT2D eigenvalue weighted by molar-refractivity contribution is -0.131. The Labute approximate surface area is 244 Å². The average Bonchev–Trinajstić information content (AvgIpc) is 3.38. The molecule has 0 bridgehead atoms. The zero-order valence-corrected chi connectivity index (χ0v) is 24.8. The molecule has 0 saturated heterocycles. The quantitative estimate of drug-likeness (QED) is 0.0890. The third kappa shape index (κ3) is 7.61. The van der Waals surface area contributed by atoms with Crippen LogP contribution in [0.4, 0.5) is 0 Å². The van der Waals surface area contributed by atoms with E-state index in [1.807, 2.05) is 41.0 Å². The summed E-state index contributed by atoms with van der Waals surface area (Å²) in [5.41, 5.74) is 7.01. The molecule has 1 heterocycles. The van der Waals surface area contributed by atoms with E-state index < -0.39 is 0 Å². The normalized spacial score (nSPS) is 11.7. The maximum Gasteiger partial charge on any atom is 0.308 e. The van der Waals surface area contributed by atoms with Crippen LogP contribution in [0.1, 0.15) is 45.7 Å². The van der Waals surface area contributed by atoms with Crippen molar-refractivity contribution in [1.82, 2.24) is 20.2 Å². The number of aromatic nitrogens is 3. The highest BCUT2D eigenvalue weighted by atomic mass is 32.2. The van der Waals surface area contributed by atoms with E-state index in [1.54, 1.807) is 38.3 Å². The molecule has 0 aliphatic carbocycles. The molecule has 41 heavy (non-hydrogen) atoms. The SMILES string of the molecule is COc1ccc(-n2c(SCC(=O)N/N=C(/C)c3ccc(OC(C)=O)cc3)nnc2-c2ccc(C(C)(C)C)cc2)cc1. The summed E-state index contributed by atoms with van der Waals surface area (Å²) in [5, 5.41) is 13.7. The van der Waals surface area contributed by atoms with E-state index in [1.165, 1.54) is 24.2 Å². The van der Waals surface area contributed by atoms with Gasteiger partial charge < -0.3 is 9.47 Å². The van der Waals surface area contributed by atoms with Gasteiger partial charge in [0.1, 0.15) is 11.5 Å². The van der Waals surface area contributed by atoms with Crippen molar-refractivity contribution < 1.29 is 19.1 Å². The number of rotatable bonds is 9. The summed E-state index contributed by atoms with van der Waals surface area (Å²) in [6.07, 6.45) is 0. The van der Waals surface area contributed by atoms with Gasteiger partial charge in [0.15, 0.2) is 11.0 Å². The molecule has 1 N–H and O–H groups in total. The first-order chi connectivity index (χ1) is 19.5. The molecule has 3 aromatic carbocycles. The van der Waals surface area contributed by atoms with E-state index >= 15 is 0 Å². The highest BCUT2D eigenvalue weighted by molar-refractivity contribution is 7.99. The standard InChI is InChI=1S/C31H33N5O4S/c1-20(22-9-15-27(16-10-22)40-21(2)37)32-33-28(38)19-41-30-35-34-29(23-7-11-24(12-8-23)31(3,4)5)36(30)25-13-17-26(39-6)18-14-25/h7-18H,19H2,1-6H3,(H,33,38)/b32-20-. The van der Waals surface area contributed by atoms with Crippen LogP contribution in [0.3, 0.4) is 0 Å². The predicted molar refractivity (Wildman–Crippen MR) is 161 cm³/mol. The topological polar surface area (TPSA) is 108 Å². The first-order valence-electron chi connectivity index (χ1n) is 13.0. The summed E-state index contributed by atoms with van der Waals surface area (Å²) >= 11 is 1.27. The molecule has 0 aliphatic heterocycles. The Hall–Kier alpha value is -4.44. The number of esters is 1. The van der Waals surface area contributed by atoms with E-state index in [9.17, 15) is 9.59 Å². The number of amides is 1. The first-order valence-corrected chi connectivity index (χ1v) is 14.0. The smallest absolute Gasteiger partial charge is 0.308 e. The van der Waals surface area contributed by atoms with Gasteiger partial charge in [-0.25, -0.2) is 5.43 Å². The predicted octanol–water partition coefficient (Wildman–Crippen LogP) is 5.80. The summed E-state index contributed by atoms with van der Waals surface area (Å²) in [6, 6.07) is 22.8. The van der Waals surface area contributed by atoms with Crippen LogP contribution in [-0.4, -0.2) is 45.2 Å². The van der Waals surface area contributed by atoms with Gasteiger partial charge in [-0.1, -0.05) is 56.8 Å². The van der Waals surface area contributed by atoms with Crippen molar-refractivity contribution >= 4 is 29.4 Å². The fourth-order valence-corrected chi connectivity index (χ4v) is 4.68. The van der Waals surface area contributed by atoms with Crippen molar-refractivity contribution in [2.24, 2.45) is 5.10 Å². The second kappa shape index (κ2) is 12.8. The summed E-state index contributed by atoms with van der Waals surface area (Å²) < 4.78 is 12.3. The number of hydrogen-bond acceptors (Lipinski definition) is 8. The number of benzene rings is 3. The molecule has 0 aliphatic rings. The van der Waals surface area contributed by atoms with Crippen LogP contribution < -0.4 is 14.9 Å². The zero-order valence-electron chi connectivity index (χ0n) is 24.0. The fraction of sp³-hybridized carbons (Fsp3) is 0.258. The van der Waals surface area contributed by atoms with Crippen molar-refractivity contribution in [1.29, 1.82) is 0 Å². The zero-order chi connectivity index (χ0) is 29.6. The fourth-order valence-electron chi connectivity index (χ4n) is 3.94. The number of hydrogen-bond donors (Lipinski definition) is 1. The van der Waals surface area contributed by atoms with Crippen LogP contribution in [-0.2, 0) is 15.0 Å². The molecule has 10 heteroatoms. The molecule has 0 atom stereocenters. The molecule has 9 nitrogen and oxygen atoms in total. The Morgan fingerprint density at radius 3 is 2.12 bits per heavy atom. The molecule has 212 valence electrons. The lowest BCUT2D eigenvalue weighted by Gasteiger charge is -2.19. The van der Waals surface area contributed by atoms with Crippen molar-refractivity contribution in [2.45, 2.75) is 45.2 Å². The molecule has 0 radical (unpaired) electrons. The third-order valence-corrected chi connectivity index (χ3v) is 7.12. The van der Waals surface area contributed by atoms with Gasteiger partial charge in [0, 0.05) is 18.2 Å². The average molecular weight is 572 g/mol. The van der Waals surface area contributed by atoms with Crippen LogP contribution in [0.2, 0.25) is 0 Å². The van der Waals surface area contributed by atoms with E-state index in [0.29, 0.717) is 22.4 Å². The van der Waals surface area contributed by atoms with Crippen molar-refractivity contribution in [3.8, 4) is 28.6 Å². The molecule has 0 fully saturated rings. The number of nitrogens with one attached hydrogen (secondary N) is 1.